The van der Waals surface area contributed by atoms with Gasteiger partial charge in [-0.05, 0) is 92.0 Å². The number of likely N-dealkylation sites (tertiary alicyclic amines) is 1. The number of amides is 1. The summed E-state index contributed by atoms with van der Waals surface area (Å²) in [5.74, 6) is -5.47. The van der Waals surface area contributed by atoms with E-state index in [1.54, 1.807) is 16.7 Å². The average molecular weight is 826 g/mol. The molecule has 3 heterocycles. The number of carbonyl (C=O) groups is 3. The molecule has 4 N–H and O–H groups in total. The first kappa shape index (κ1) is 44.0. The quantitative estimate of drug-likeness (QED) is 0.130. The van der Waals surface area contributed by atoms with Gasteiger partial charge >= 0.3 is 18.1 Å². The lowest BCUT2D eigenvalue weighted by atomic mass is 10.0. The number of fused-ring (bicyclic) bond motifs is 1. The number of carboxylic acids is 2. The molecular formula is C41H40F5N5O8. The smallest absolute Gasteiger partial charge is 0.416 e. The number of halogens is 5. The van der Waals surface area contributed by atoms with E-state index in [1.165, 1.54) is 30.5 Å². The highest BCUT2D eigenvalue weighted by atomic mass is 19.4. The number of benzene rings is 3. The van der Waals surface area contributed by atoms with Crippen molar-refractivity contribution < 1.29 is 56.8 Å². The number of alkyl halides is 3. The Morgan fingerprint density at radius 2 is 1.44 bits per heavy atom. The Hall–Kier alpha value is -6.11. The van der Waals surface area contributed by atoms with Gasteiger partial charge in [0, 0.05) is 25.2 Å². The highest BCUT2D eigenvalue weighted by molar-refractivity contribution is 5.83. The van der Waals surface area contributed by atoms with Crippen LogP contribution < -0.4 is 5.56 Å². The molecule has 2 atom stereocenters. The van der Waals surface area contributed by atoms with E-state index >= 15 is 0 Å². The molecule has 5 aromatic rings. The van der Waals surface area contributed by atoms with Crippen molar-refractivity contribution in [3.05, 3.63) is 130 Å². The summed E-state index contributed by atoms with van der Waals surface area (Å²) >= 11 is 0. The average Bonchev–Trinajstić information content (AvgIpc) is 3.21. The molecule has 59 heavy (non-hydrogen) atoms. The van der Waals surface area contributed by atoms with E-state index in [4.69, 9.17) is 20.4 Å². The normalized spacial score (nSPS) is 14.6. The Morgan fingerprint density at radius 1 is 0.847 bits per heavy atom. The molecule has 2 aromatic heterocycles. The highest BCUT2D eigenvalue weighted by Crippen LogP contribution is 2.31. The van der Waals surface area contributed by atoms with Gasteiger partial charge < -0.3 is 34.8 Å². The van der Waals surface area contributed by atoms with Crippen LogP contribution in [-0.2, 0) is 46.5 Å². The van der Waals surface area contributed by atoms with E-state index in [-0.39, 0.29) is 60.3 Å². The van der Waals surface area contributed by atoms with Crippen molar-refractivity contribution in [2.75, 3.05) is 20.1 Å². The number of carboxylic acid groups (broad SMARTS) is 2. The van der Waals surface area contributed by atoms with E-state index in [0.717, 1.165) is 55.3 Å². The van der Waals surface area contributed by atoms with E-state index in [0.29, 0.717) is 5.56 Å². The third-order valence-corrected chi connectivity index (χ3v) is 9.86. The van der Waals surface area contributed by atoms with Gasteiger partial charge in [-0.25, -0.2) is 23.4 Å². The zero-order valence-electron chi connectivity index (χ0n) is 31.5. The number of carbonyl (C=O) groups excluding carboxylic acids is 1. The van der Waals surface area contributed by atoms with Crippen LogP contribution in [0.25, 0.3) is 22.2 Å². The molecule has 6 rings (SSSR count). The predicted molar refractivity (Wildman–Crippen MR) is 203 cm³/mol. The second kappa shape index (κ2) is 19.1. The van der Waals surface area contributed by atoms with Crippen molar-refractivity contribution >= 4 is 28.9 Å². The first-order valence-electron chi connectivity index (χ1n) is 18.3. The lowest BCUT2D eigenvalue weighted by Gasteiger charge is -2.37. The first-order valence-corrected chi connectivity index (χ1v) is 18.3. The molecule has 1 aliphatic rings. The van der Waals surface area contributed by atoms with Gasteiger partial charge in [-0.3, -0.25) is 9.59 Å². The van der Waals surface area contributed by atoms with Gasteiger partial charge in [0.2, 0.25) is 5.91 Å². The zero-order valence-corrected chi connectivity index (χ0v) is 31.5. The van der Waals surface area contributed by atoms with Crippen molar-refractivity contribution in [1.82, 2.24) is 24.3 Å². The number of piperidine rings is 1. The number of aromatic nitrogens is 3. The fourth-order valence-electron chi connectivity index (χ4n) is 6.56. The number of pyridine rings is 1. The van der Waals surface area contributed by atoms with Gasteiger partial charge in [0.15, 0.2) is 23.8 Å². The van der Waals surface area contributed by atoms with Crippen molar-refractivity contribution in [3.8, 4) is 11.1 Å². The fourth-order valence-corrected chi connectivity index (χ4v) is 6.56. The Morgan fingerprint density at radius 3 is 2.02 bits per heavy atom. The summed E-state index contributed by atoms with van der Waals surface area (Å²) in [7, 11) is 2.03. The molecule has 312 valence electrons. The molecule has 0 spiro atoms. The third kappa shape index (κ3) is 11.1. The fraction of sp³-hybridized carbons (Fsp3) is 0.317. The summed E-state index contributed by atoms with van der Waals surface area (Å²) in [5.41, 5.74) is 1.37. The number of aliphatic carboxylic acids is 2. The van der Waals surface area contributed by atoms with Gasteiger partial charge in [0.1, 0.15) is 18.0 Å². The SMILES string of the molecule is CN1CCC(N(Cc2ccc(-c3ccc(C(F)(F)F)cc3)cc2)C(=O)Cn2c(CCc3cccc(F)c3F)nc(=O)c3cccnc32)CC1.O=C(O)C(O)C(O)C(=O)O. The van der Waals surface area contributed by atoms with Crippen LogP contribution in [0.5, 0.6) is 0 Å². The highest BCUT2D eigenvalue weighted by Gasteiger charge is 2.31. The Labute approximate surface area is 333 Å². The molecule has 1 amide bonds. The minimum atomic E-state index is -4.42. The first-order chi connectivity index (χ1) is 27.9. The molecule has 1 saturated heterocycles. The summed E-state index contributed by atoms with van der Waals surface area (Å²) < 4.78 is 69.1. The van der Waals surface area contributed by atoms with Crippen molar-refractivity contribution in [1.29, 1.82) is 0 Å². The van der Waals surface area contributed by atoms with Crippen LogP contribution in [0.15, 0.2) is 89.9 Å². The largest absolute Gasteiger partial charge is 0.479 e. The second-order valence-electron chi connectivity index (χ2n) is 13.9. The lowest BCUT2D eigenvalue weighted by Crippen LogP contribution is -2.47. The third-order valence-electron chi connectivity index (χ3n) is 9.86. The van der Waals surface area contributed by atoms with E-state index < -0.39 is 53.1 Å². The number of aryl methyl sites for hydroxylation is 2. The summed E-state index contributed by atoms with van der Waals surface area (Å²) in [6, 6.07) is 19.4. The molecule has 2 unspecified atom stereocenters. The van der Waals surface area contributed by atoms with Crippen LogP contribution in [-0.4, -0.2) is 101 Å². The number of nitrogens with zero attached hydrogens (tertiary/aromatic N) is 5. The Bertz CT molecular complexity index is 2320. The number of rotatable bonds is 12. The molecule has 13 nitrogen and oxygen atoms in total. The molecule has 1 aliphatic heterocycles. The van der Waals surface area contributed by atoms with Crippen LogP contribution in [0.3, 0.4) is 0 Å². The van der Waals surface area contributed by atoms with E-state index in [1.807, 2.05) is 36.2 Å². The molecule has 18 heteroatoms. The van der Waals surface area contributed by atoms with E-state index in [9.17, 15) is 41.1 Å². The molecule has 0 saturated carbocycles. The maximum atomic E-state index is 14.5. The van der Waals surface area contributed by atoms with Gasteiger partial charge in [-0.15, -0.1) is 0 Å². The zero-order chi connectivity index (χ0) is 43.0. The number of aliphatic hydroxyl groups excluding tert-OH is 2. The van der Waals surface area contributed by atoms with Crippen molar-refractivity contribution in [2.45, 2.75) is 63.2 Å². The lowest BCUT2D eigenvalue weighted by molar-refractivity contribution is -0.165. The Kier molecular flexibility index (Phi) is 14.2. The van der Waals surface area contributed by atoms with Crippen LogP contribution >= 0.6 is 0 Å². The maximum absolute atomic E-state index is 14.5. The van der Waals surface area contributed by atoms with Crippen molar-refractivity contribution in [3.63, 3.8) is 0 Å². The minimum Gasteiger partial charge on any atom is -0.479 e. The predicted octanol–water partition coefficient (Wildman–Crippen LogP) is 4.54. The van der Waals surface area contributed by atoms with Gasteiger partial charge in [-0.1, -0.05) is 48.5 Å². The Balaban J connectivity index is 0.000000586. The summed E-state index contributed by atoms with van der Waals surface area (Å²) in [6.45, 7) is 1.70. The van der Waals surface area contributed by atoms with Crippen LogP contribution in [0, 0.1) is 11.6 Å². The summed E-state index contributed by atoms with van der Waals surface area (Å²) in [4.78, 5) is 59.5. The number of hydrogen-bond acceptors (Lipinski definition) is 9. The maximum Gasteiger partial charge on any atom is 0.416 e. The topological polar surface area (TPSA) is 186 Å². The molecule has 0 aliphatic carbocycles. The van der Waals surface area contributed by atoms with Gasteiger partial charge in [-0.2, -0.15) is 18.2 Å². The molecule has 3 aromatic carbocycles. The standard InChI is InChI=1S/C37H34F5N5O2.C4H6O6/c1-45-20-17-29(18-21-45)46(22-24-7-9-25(10-8-24)26-11-14-28(15-12-26)37(40,41)42)33(48)23-47-32(16-13-27-4-2-6-31(38)34(27)39)44-36(49)30-5-3-19-43-35(30)47;5-1(3(7)8)2(6)4(9)10/h2-12,14-15,19,29H,13,16-18,20-23H2,1H3;1-2,5-6H,(H,7,8)(H,9,10). The second-order valence-corrected chi connectivity index (χ2v) is 13.9. The van der Waals surface area contributed by atoms with Crippen LogP contribution in [0.1, 0.15) is 35.4 Å². The summed E-state index contributed by atoms with van der Waals surface area (Å²) in [6.07, 6.45) is -5.82. The minimum absolute atomic E-state index is 0.0481. The molecule has 0 radical (unpaired) electrons. The van der Waals surface area contributed by atoms with Gasteiger partial charge in [0.25, 0.3) is 5.56 Å². The molecular weight excluding hydrogens is 785 g/mol. The van der Waals surface area contributed by atoms with Crippen LogP contribution in [0.2, 0.25) is 0 Å². The monoisotopic (exact) mass is 825 g/mol. The summed E-state index contributed by atoms with van der Waals surface area (Å²) in [5, 5.41) is 32.8. The van der Waals surface area contributed by atoms with E-state index in [2.05, 4.69) is 14.9 Å². The van der Waals surface area contributed by atoms with Gasteiger partial charge in [0.05, 0.1) is 10.9 Å². The van der Waals surface area contributed by atoms with Crippen molar-refractivity contribution in [2.24, 2.45) is 0 Å². The van der Waals surface area contributed by atoms with Crippen LogP contribution in [0.4, 0.5) is 22.0 Å². The molecule has 1 fully saturated rings. The molecule has 0 bridgehead atoms. The number of hydrogen-bond donors (Lipinski definition) is 4. The number of aliphatic hydroxyl groups is 2.